The van der Waals surface area contributed by atoms with Crippen molar-refractivity contribution in [3.63, 3.8) is 0 Å². The van der Waals surface area contributed by atoms with Crippen molar-refractivity contribution in [1.29, 1.82) is 0 Å². The molecule has 0 radical (unpaired) electrons. The lowest BCUT2D eigenvalue weighted by atomic mass is 10.3. The molecule has 14 heavy (non-hydrogen) atoms. The summed E-state index contributed by atoms with van der Waals surface area (Å²) in [6.07, 6.45) is 0. The van der Waals surface area contributed by atoms with Crippen molar-refractivity contribution in [2.24, 2.45) is 5.73 Å². The first-order chi connectivity index (χ1) is 6.27. The predicted molar refractivity (Wildman–Crippen MR) is 48.2 cm³/mol. The van der Waals surface area contributed by atoms with Crippen molar-refractivity contribution >= 4 is 18.9 Å². The molecule has 0 fully saturated rings. The molecule has 0 aliphatic carbocycles. The summed E-state index contributed by atoms with van der Waals surface area (Å²) in [6, 6.07) is 0.817. The topological polar surface area (TPSA) is 83.6 Å². The Hall–Kier alpha value is -0.330. The van der Waals surface area contributed by atoms with Gasteiger partial charge in [-0.3, -0.25) is 4.57 Å². The minimum absolute atomic E-state index is 0.0401. The van der Waals surface area contributed by atoms with Gasteiger partial charge in [-0.05, 0) is 11.4 Å². The Morgan fingerprint density at radius 2 is 2.14 bits per heavy atom. The molecule has 0 amide bonds. The van der Waals surface area contributed by atoms with Crippen molar-refractivity contribution < 1.29 is 23.1 Å². The summed E-state index contributed by atoms with van der Waals surface area (Å²) in [5, 5.41) is 1.50. The second kappa shape index (κ2) is 3.67. The van der Waals surface area contributed by atoms with E-state index in [1.54, 1.807) is 0 Å². The zero-order chi connectivity index (χ0) is 11.0. The van der Waals surface area contributed by atoms with E-state index in [4.69, 9.17) is 15.5 Å². The number of hydrogen-bond donors (Lipinski definition) is 3. The van der Waals surface area contributed by atoms with E-state index < -0.39 is 19.3 Å². The monoisotopic (exact) mass is 243 g/mol. The van der Waals surface area contributed by atoms with Crippen LogP contribution in [0.3, 0.4) is 0 Å². The van der Waals surface area contributed by atoms with Crippen molar-refractivity contribution in [3.8, 4) is 0 Å². The molecule has 1 atom stereocenters. The minimum atomic E-state index is -5.52. The number of thiophene rings is 1. The predicted octanol–water partition coefficient (Wildman–Crippen LogP) is 1.52. The van der Waals surface area contributed by atoms with Gasteiger partial charge in [0.25, 0.3) is 0 Å². The van der Waals surface area contributed by atoms with E-state index in [9.17, 15) is 13.3 Å². The normalized spacial score (nSPS) is 15.5. The van der Waals surface area contributed by atoms with Crippen LogP contribution in [0.15, 0.2) is 17.5 Å². The Bertz CT molecular complexity index is 350. The molecule has 1 aromatic heterocycles. The molecule has 0 aliphatic rings. The summed E-state index contributed by atoms with van der Waals surface area (Å²) in [5.41, 5.74) is 0.847. The summed E-state index contributed by atoms with van der Waals surface area (Å²) in [7, 11) is -5.52. The van der Waals surface area contributed by atoms with Gasteiger partial charge in [0.1, 0.15) is 6.04 Å². The van der Waals surface area contributed by atoms with Crippen LogP contribution in [0.1, 0.15) is 10.9 Å². The number of rotatable bonds is 3. The van der Waals surface area contributed by atoms with Crippen LogP contribution < -0.4 is 5.73 Å². The average Bonchev–Trinajstić information content (AvgIpc) is 2.52. The largest absolute Gasteiger partial charge is 0.396 e. The molecule has 8 heteroatoms. The molecule has 1 unspecified atom stereocenters. The molecule has 4 N–H and O–H groups in total. The number of halogens is 2. The Kier molecular flexibility index (Phi) is 3.08. The zero-order valence-corrected chi connectivity index (χ0v) is 8.51. The van der Waals surface area contributed by atoms with Gasteiger partial charge in [-0.15, -0.1) is 11.3 Å². The van der Waals surface area contributed by atoms with Gasteiger partial charge < -0.3 is 15.5 Å². The molecule has 4 nitrogen and oxygen atoms in total. The highest BCUT2D eigenvalue weighted by molar-refractivity contribution is 7.53. The molecule has 0 aromatic carbocycles. The summed E-state index contributed by atoms with van der Waals surface area (Å²) in [4.78, 5) is 16.8. The summed E-state index contributed by atoms with van der Waals surface area (Å²) in [5.74, 6) is 0. The molecular formula is C6H8F2NO3PS. The van der Waals surface area contributed by atoms with Gasteiger partial charge in [-0.1, -0.05) is 6.07 Å². The van der Waals surface area contributed by atoms with Crippen LogP contribution in [-0.2, 0) is 4.57 Å². The lowest BCUT2D eigenvalue weighted by molar-refractivity contribution is 0.0335. The summed E-state index contributed by atoms with van der Waals surface area (Å²) >= 11 is 0.926. The van der Waals surface area contributed by atoms with Crippen molar-refractivity contribution in [1.82, 2.24) is 0 Å². The van der Waals surface area contributed by atoms with Crippen LogP contribution in [0.25, 0.3) is 0 Å². The van der Waals surface area contributed by atoms with Crippen molar-refractivity contribution in [2.75, 3.05) is 0 Å². The van der Waals surface area contributed by atoms with Crippen LogP contribution in [0.2, 0.25) is 0 Å². The van der Waals surface area contributed by atoms with Crippen molar-refractivity contribution in [2.45, 2.75) is 11.7 Å². The van der Waals surface area contributed by atoms with E-state index in [1.165, 1.54) is 17.5 Å². The lowest BCUT2D eigenvalue weighted by Gasteiger charge is -2.22. The molecule has 0 aliphatic heterocycles. The third kappa shape index (κ3) is 2.02. The van der Waals surface area contributed by atoms with E-state index >= 15 is 0 Å². The van der Waals surface area contributed by atoms with Gasteiger partial charge in [0, 0.05) is 4.88 Å². The van der Waals surface area contributed by atoms with E-state index in [2.05, 4.69) is 0 Å². The van der Waals surface area contributed by atoms with Gasteiger partial charge in [0.05, 0.1) is 0 Å². The van der Waals surface area contributed by atoms with Gasteiger partial charge in [-0.25, -0.2) is 0 Å². The second-order valence-electron chi connectivity index (χ2n) is 2.62. The molecular weight excluding hydrogens is 235 g/mol. The highest BCUT2D eigenvalue weighted by atomic mass is 32.1. The number of alkyl halides is 2. The average molecular weight is 243 g/mol. The molecule has 1 heterocycles. The number of nitrogens with two attached hydrogens (primary N) is 1. The van der Waals surface area contributed by atoms with Crippen LogP contribution in [0, 0.1) is 0 Å². The quantitative estimate of drug-likeness (QED) is 0.703. The SMILES string of the molecule is NC(c1cccs1)C(F)(F)P(=O)(O)O. The zero-order valence-electron chi connectivity index (χ0n) is 6.80. The highest BCUT2D eigenvalue weighted by Crippen LogP contribution is 2.58. The third-order valence-electron chi connectivity index (χ3n) is 1.61. The molecule has 1 aromatic rings. The van der Waals surface area contributed by atoms with E-state index in [0.29, 0.717) is 0 Å². The Morgan fingerprint density at radius 1 is 1.57 bits per heavy atom. The van der Waals surface area contributed by atoms with Crippen molar-refractivity contribution in [3.05, 3.63) is 22.4 Å². The Labute approximate surface area is 82.5 Å². The second-order valence-corrected chi connectivity index (χ2v) is 5.29. The van der Waals surface area contributed by atoms with Gasteiger partial charge in [-0.2, -0.15) is 8.78 Å². The summed E-state index contributed by atoms with van der Waals surface area (Å²) < 4.78 is 36.5. The van der Waals surface area contributed by atoms with E-state index in [-0.39, 0.29) is 4.88 Å². The van der Waals surface area contributed by atoms with E-state index in [1.807, 2.05) is 0 Å². The lowest BCUT2D eigenvalue weighted by Crippen LogP contribution is -2.32. The van der Waals surface area contributed by atoms with Gasteiger partial charge in [0.2, 0.25) is 0 Å². The fourth-order valence-electron chi connectivity index (χ4n) is 0.821. The molecule has 0 saturated heterocycles. The molecule has 1 rings (SSSR count). The first-order valence-corrected chi connectivity index (χ1v) is 5.98. The highest BCUT2D eigenvalue weighted by Gasteiger charge is 2.54. The maximum atomic E-state index is 13.0. The van der Waals surface area contributed by atoms with Gasteiger partial charge >= 0.3 is 13.3 Å². The minimum Gasteiger partial charge on any atom is -0.320 e. The van der Waals surface area contributed by atoms with Crippen LogP contribution in [0.4, 0.5) is 8.78 Å². The van der Waals surface area contributed by atoms with Crippen LogP contribution in [-0.4, -0.2) is 15.5 Å². The number of hydrogen-bond acceptors (Lipinski definition) is 3. The third-order valence-corrected chi connectivity index (χ3v) is 3.62. The standard InChI is InChI=1S/C6H8F2NO3PS/c7-6(8,13(10,11)12)5(9)4-2-1-3-14-4/h1-3,5H,9H2,(H2,10,11,12). The maximum Gasteiger partial charge on any atom is 0.396 e. The smallest absolute Gasteiger partial charge is 0.320 e. The first kappa shape index (κ1) is 11.7. The maximum absolute atomic E-state index is 13.0. The first-order valence-electron chi connectivity index (χ1n) is 3.49. The summed E-state index contributed by atoms with van der Waals surface area (Å²) in [6.45, 7) is 0. The van der Waals surface area contributed by atoms with Gasteiger partial charge in [0.15, 0.2) is 0 Å². The Morgan fingerprint density at radius 3 is 2.50 bits per heavy atom. The molecule has 80 valence electrons. The Balaban J connectivity index is 3.00. The van der Waals surface area contributed by atoms with Crippen LogP contribution in [0.5, 0.6) is 0 Å². The fraction of sp³-hybridized carbons (Fsp3) is 0.333. The van der Waals surface area contributed by atoms with E-state index in [0.717, 1.165) is 11.3 Å². The fourth-order valence-corrected chi connectivity index (χ4v) is 2.18. The molecule has 0 spiro atoms. The molecule has 0 saturated carbocycles. The molecule has 0 bridgehead atoms. The van der Waals surface area contributed by atoms with Crippen LogP contribution >= 0.6 is 18.9 Å².